The van der Waals surface area contributed by atoms with Gasteiger partial charge in [0.2, 0.25) is 0 Å². The van der Waals surface area contributed by atoms with Crippen molar-refractivity contribution in [3.05, 3.63) is 0 Å². The van der Waals surface area contributed by atoms with Crippen molar-refractivity contribution in [1.82, 2.24) is 4.90 Å². The van der Waals surface area contributed by atoms with E-state index in [9.17, 15) is 4.79 Å². The molecule has 4 nitrogen and oxygen atoms in total. The number of hydrogen-bond acceptors (Lipinski definition) is 4. The lowest BCUT2D eigenvalue weighted by molar-refractivity contribution is -0.148. The van der Waals surface area contributed by atoms with Crippen LogP contribution < -0.4 is 0 Å². The molecule has 1 saturated heterocycles. The molecule has 1 aliphatic heterocycles. The first-order valence-electron chi connectivity index (χ1n) is 6.70. The summed E-state index contributed by atoms with van der Waals surface area (Å²) in [5.41, 5.74) is 0. The van der Waals surface area contributed by atoms with Gasteiger partial charge in [0.05, 0.1) is 19.1 Å². The van der Waals surface area contributed by atoms with Gasteiger partial charge in [0.1, 0.15) is 6.61 Å². The van der Waals surface area contributed by atoms with Crippen molar-refractivity contribution in [3.63, 3.8) is 0 Å². The Morgan fingerprint density at radius 1 is 1.35 bits per heavy atom. The van der Waals surface area contributed by atoms with Gasteiger partial charge in [-0.1, -0.05) is 27.7 Å². The largest absolute Gasteiger partial charge is 0.464 e. The van der Waals surface area contributed by atoms with Crippen LogP contribution in [0.4, 0.5) is 0 Å². The van der Waals surface area contributed by atoms with Crippen LogP contribution in [0.25, 0.3) is 0 Å². The minimum atomic E-state index is -0.0780. The molecule has 17 heavy (non-hydrogen) atoms. The summed E-state index contributed by atoms with van der Waals surface area (Å²) >= 11 is 0. The van der Waals surface area contributed by atoms with Crippen molar-refractivity contribution >= 4 is 5.97 Å². The maximum Gasteiger partial charge on any atom is 0.308 e. The number of ether oxygens (including phenoxy) is 2. The molecule has 4 heteroatoms. The van der Waals surface area contributed by atoms with E-state index in [0.29, 0.717) is 6.61 Å². The molecule has 0 spiro atoms. The molecular formula is C13H27NO3. The first kappa shape index (κ1) is 16.4. The summed E-state index contributed by atoms with van der Waals surface area (Å²) in [4.78, 5) is 13.6. The molecule has 0 saturated carbocycles. The molecule has 1 rings (SSSR count). The molecule has 102 valence electrons. The highest BCUT2D eigenvalue weighted by molar-refractivity contribution is 5.71. The van der Waals surface area contributed by atoms with Gasteiger partial charge in [0, 0.05) is 19.6 Å². The molecule has 0 radical (unpaired) electrons. The fraction of sp³-hybridized carbons (Fsp3) is 0.923. The lowest BCUT2D eigenvalue weighted by atomic mass is 10.1. The van der Waals surface area contributed by atoms with Crippen LogP contribution in [0.3, 0.4) is 0 Å². The van der Waals surface area contributed by atoms with E-state index in [0.717, 1.165) is 39.3 Å². The Bertz CT molecular complexity index is 191. The Labute approximate surface area is 105 Å². The van der Waals surface area contributed by atoms with Gasteiger partial charge in [-0.05, 0) is 6.42 Å². The van der Waals surface area contributed by atoms with E-state index < -0.39 is 0 Å². The fourth-order valence-corrected chi connectivity index (χ4v) is 1.41. The van der Waals surface area contributed by atoms with Gasteiger partial charge in [0.25, 0.3) is 0 Å². The molecule has 1 heterocycles. The molecule has 0 amide bonds. The van der Waals surface area contributed by atoms with E-state index in [1.807, 2.05) is 27.7 Å². The third-order valence-electron chi connectivity index (χ3n) is 2.77. The molecule has 0 N–H and O–H groups in total. The van der Waals surface area contributed by atoms with E-state index in [1.165, 1.54) is 0 Å². The van der Waals surface area contributed by atoms with Crippen molar-refractivity contribution < 1.29 is 14.3 Å². The van der Waals surface area contributed by atoms with Crippen LogP contribution in [0.1, 0.15) is 34.1 Å². The van der Waals surface area contributed by atoms with Crippen LogP contribution in [-0.4, -0.2) is 50.3 Å². The maximum absolute atomic E-state index is 11.4. The van der Waals surface area contributed by atoms with Crippen molar-refractivity contribution in [1.29, 1.82) is 0 Å². The molecule has 0 aliphatic carbocycles. The van der Waals surface area contributed by atoms with Gasteiger partial charge in [-0.15, -0.1) is 0 Å². The van der Waals surface area contributed by atoms with Crippen molar-refractivity contribution in [2.24, 2.45) is 5.92 Å². The van der Waals surface area contributed by atoms with Crippen LogP contribution in [-0.2, 0) is 14.3 Å². The molecule has 1 fully saturated rings. The third-order valence-corrected chi connectivity index (χ3v) is 2.77. The van der Waals surface area contributed by atoms with E-state index in [1.54, 1.807) is 0 Å². The Kier molecular flexibility index (Phi) is 10.2. The quantitative estimate of drug-likeness (QED) is 0.694. The van der Waals surface area contributed by atoms with E-state index >= 15 is 0 Å². The molecule has 0 bridgehead atoms. The summed E-state index contributed by atoms with van der Waals surface area (Å²) in [6.07, 6.45) is 0.844. The Morgan fingerprint density at radius 2 is 1.94 bits per heavy atom. The maximum atomic E-state index is 11.4. The monoisotopic (exact) mass is 245 g/mol. The fourth-order valence-electron chi connectivity index (χ4n) is 1.41. The third kappa shape index (κ3) is 7.34. The van der Waals surface area contributed by atoms with Gasteiger partial charge in [0.15, 0.2) is 0 Å². The average Bonchev–Trinajstić information content (AvgIpc) is 2.41. The zero-order valence-electron chi connectivity index (χ0n) is 11.7. The first-order valence-corrected chi connectivity index (χ1v) is 6.70. The SMILES string of the molecule is CC.CC[C@H](C)C(=O)OCCN1CCOCC1. The standard InChI is InChI=1S/C11H21NO3.C2H6/c1-3-10(2)11(13)15-9-6-12-4-7-14-8-5-12;1-2/h10H,3-9H2,1-2H3;1-2H3/t10-;/m0./s1. The van der Waals surface area contributed by atoms with Crippen molar-refractivity contribution in [2.45, 2.75) is 34.1 Å². The summed E-state index contributed by atoms with van der Waals surface area (Å²) in [5.74, 6) is -0.0551. The summed E-state index contributed by atoms with van der Waals surface area (Å²) in [6.45, 7) is 12.7. The van der Waals surface area contributed by atoms with E-state index in [2.05, 4.69) is 4.90 Å². The number of hydrogen-bond donors (Lipinski definition) is 0. The second-order valence-corrected chi connectivity index (χ2v) is 3.93. The highest BCUT2D eigenvalue weighted by Gasteiger charge is 2.13. The summed E-state index contributed by atoms with van der Waals surface area (Å²) in [6, 6.07) is 0. The molecule has 0 aromatic heterocycles. The van der Waals surface area contributed by atoms with Gasteiger partial charge in [-0.25, -0.2) is 0 Å². The molecule has 1 atom stereocenters. The topological polar surface area (TPSA) is 38.8 Å². The normalized spacial score (nSPS) is 17.9. The van der Waals surface area contributed by atoms with Gasteiger partial charge < -0.3 is 9.47 Å². The Morgan fingerprint density at radius 3 is 2.47 bits per heavy atom. The van der Waals surface area contributed by atoms with Crippen LogP contribution in [0.15, 0.2) is 0 Å². The lowest BCUT2D eigenvalue weighted by Gasteiger charge is -2.26. The predicted octanol–water partition coefficient (Wildman–Crippen LogP) is 1.93. The van der Waals surface area contributed by atoms with E-state index in [4.69, 9.17) is 9.47 Å². The van der Waals surface area contributed by atoms with Crippen LogP contribution in [0.5, 0.6) is 0 Å². The number of carbonyl (C=O) groups excluding carboxylic acids is 1. The number of carbonyl (C=O) groups is 1. The molecule has 0 aromatic rings. The number of esters is 1. The molecular weight excluding hydrogens is 218 g/mol. The second kappa shape index (κ2) is 10.5. The zero-order chi connectivity index (χ0) is 13.1. The molecule has 1 aliphatic rings. The molecule has 0 aromatic carbocycles. The van der Waals surface area contributed by atoms with Gasteiger partial charge >= 0.3 is 5.97 Å². The van der Waals surface area contributed by atoms with E-state index in [-0.39, 0.29) is 11.9 Å². The zero-order valence-corrected chi connectivity index (χ0v) is 11.7. The van der Waals surface area contributed by atoms with Crippen molar-refractivity contribution in [2.75, 3.05) is 39.5 Å². The Hall–Kier alpha value is -0.610. The number of rotatable bonds is 5. The van der Waals surface area contributed by atoms with Crippen LogP contribution in [0, 0.1) is 5.92 Å². The lowest BCUT2D eigenvalue weighted by Crippen LogP contribution is -2.38. The smallest absolute Gasteiger partial charge is 0.308 e. The van der Waals surface area contributed by atoms with Crippen molar-refractivity contribution in [3.8, 4) is 0 Å². The average molecular weight is 245 g/mol. The number of morpholine rings is 1. The summed E-state index contributed by atoms with van der Waals surface area (Å²) in [7, 11) is 0. The number of nitrogens with zero attached hydrogens (tertiary/aromatic N) is 1. The first-order chi connectivity index (χ1) is 8.24. The summed E-state index contributed by atoms with van der Waals surface area (Å²) in [5, 5.41) is 0. The predicted molar refractivity (Wildman–Crippen MR) is 69.0 cm³/mol. The molecule has 0 unspecified atom stereocenters. The highest BCUT2D eigenvalue weighted by atomic mass is 16.5. The van der Waals surface area contributed by atoms with Gasteiger partial charge in [-0.3, -0.25) is 9.69 Å². The second-order valence-electron chi connectivity index (χ2n) is 3.93. The van der Waals surface area contributed by atoms with Crippen LogP contribution >= 0.6 is 0 Å². The highest BCUT2D eigenvalue weighted by Crippen LogP contribution is 2.03. The Balaban J connectivity index is 0.00000121. The minimum absolute atomic E-state index is 0.0229. The van der Waals surface area contributed by atoms with Crippen LogP contribution in [0.2, 0.25) is 0 Å². The summed E-state index contributed by atoms with van der Waals surface area (Å²) < 4.78 is 10.4. The minimum Gasteiger partial charge on any atom is -0.464 e. The van der Waals surface area contributed by atoms with Gasteiger partial charge in [-0.2, -0.15) is 0 Å².